The van der Waals surface area contributed by atoms with Crippen LogP contribution in [0.15, 0.2) is 16.5 Å². The van der Waals surface area contributed by atoms with E-state index in [1.165, 1.54) is 22.1 Å². The Bertz CT molecular complexity index is 537. The molecule has 2 heteroatoms. The molecule has 0 spiro atoms. The van der Waals surface area contributed by atoms with Crippen molar-refractivity contribution in [1.29, 1.82) is 0 Å². The minimum Gasteiger partial charge on any atom is -0.459 e. The van der Waals surface area contributed by atoms with E-state index in [1.807, 2.05) is 7.05 Å². The summed E-state index contributed by atoms with van der Waals surface area (Å²) in [6.07, 6.45) is 0. The van der Waals surface area contributed by atoms with Gasteiger partial charge >= 0.3 is 0 Å². The maximum Gasteiger partial charge on any atom is 0.137 e. The van der Waals surface area contributed by atoms with Gasteiger partial charge in [0.25, 0.3) is 0 Å². The fraction of sp³-hybridized carbons (Fsp3) is 0.467. The molecule has 2 rings (SSSR count). The van der Waals surface area contributed by atoms with E-state index in [4.69, 9.17) is 4.42 Å². The van der Waals surface area contributed by atoms with Crippen molar-refractivity contribution in [3.05, 3.63) is 34.6 Å². The van der Waals surface area contributed by atoms with Crippen molar-refractivity contribution in [2.45, 2.75) is 40.2 Å². The minimum atomic E-state index is 0.486. The second-order valence-corrected chi connectivity index (χ2v) is 5.03. The van der Waals surface area contributed by atoms with E-state index in [1.54, 1.807) is 0 Å². The molecule has 1 aromatic carbocycles. The molecule has 1 heterocycles. The van der Waals surface area contributed by atoms with Gasteiger partial charge in [0.2, 0.25) is 0 Å². The smallest absolute Gasteiger partial charge is 0.137 e. The van der Waals surface area contributed by atoms with Gasteiger partial charge in [-0.25, -0.2) is 0 Å². The zero-order valence-electron chi connectivity index (χ0n) is 11.3. The fourth-order valence-corrected chi connectivity index (χ4v) is 2.47. The average molecular weight is 231 g/mol. The van der Waals surface area contributed by atoms with Crippen molar-refractivity contribution >= 4 is 11.0 Å². The SMILES string of the molecule is CNCc1oc2c(C)ccc(C)c2c1C(C)C. The highest BCUT2D eigenvalue weighted by Gasteiger charge is 2.18. The highest BCUT2D eigenvalue weighted by molar-refractivity contribution is 5.88. The Morgan fingerprint density at radius 3 is 2.41 bits per heavy atom. The molecule has 2 aromatic rings. The molecule has 0 saturated carbocycles. The first-order chi connectivity index (χ1) is 8.06. The number of aryl methyl sites for hydroxylation is 2. The zero-order valence-corrected chi connectivity index (χ0v) is 11.3. The van der Waals surface area contributed by atoms with Crippen LogP contribution < -0.4 is 5.32 Å². The molecule has 0 fully saturated rings. The highest BCUT2D eigenvalue weighted by atomic mass is 16.3. The Labute approximate surface area is 103 Å². The molecule has 0 unspecified atom stereocenters. The van der Waals surface area contributed by atoms with Gasteiger partial charge < -0.3 is 9.73 Å². The van der Waals surface area contributed by atoms with Crippen molar-refractivity contribution in [3.63, 3.8) is 0 Å². The Hall–Kier alpha value is -1.28. The first-order valence-electron chi connectivity index (χ1n) is 6.22. The summed E-state index contributed by atoms with van der Waals surface area (Å²) in [7, 11) is 1.96. The van der Waals surface area contributed by atoms with Gasteiger partial charge in [-0.3, -0.25) is 0 Å². The summed E-state index contributed by atoms with van der Waals surface area (Å²) in [4.78, 5) is 0. The lowest BCUT2D eigenvalue weighted by molar-refractivity contribution is 0.519. The second kappa shape index (κ2) is 4.53. The van der Waals surface area contributed by atoms with E-state index >= 15 is 0 Å². The lowest BCUT2D eigenvalue weighted by atomic mass is 9.95. The third kappa shape index (κ3) is 1.98. The third-order valence-corrected chi connectivity index (χ3v) is 3.27. The molecule has 17 heavy (non-hydrogen) atoms. The van der Waals surface area contributed by atoms with Crippen LogP contribution in [0.3, 0.4) is 0 Å². The van der Waals surface area contributed by atoms with Crippen molar-refractivity contribution in [3.8, 4) is 0 Å². The van der Waals surface area contributed by atoms with Crippen LogP contribution in [-0.2, 0) is 6.54 Å². The predicted molar refractivity (Wildman–Crippen MR) is 72.5 cm³/mol. The topological polar surface area (TPSA) is 25.2 Å². The lowest BCUT2D eigenvalue weighted by Gasteiger charge is -2.07. The molecule has 0 aliphatic rings. The van der Waals surface area contributed by atoms with Crippen LogP contribution in [0.5, 0.6) is 0 Å². The highest BCUT2D eigenvalue weighted by Crippen LogP contribution is 2.35. The van der Waals surface area contributed by atoms with E-state index in [2.05, 4.69) is 45.1 Å². The number of fused-ring (bicyclic) bond motifs is 1. The number of furan rings is 1. The first-order valence-corrected chi connectivity index (χ1v) is 6.22. The maximum atomic E-state index is 6.05. The second-order valence-electron chi connectivity index (χ2n) is 5.03. The number of nitrogens with one attached hydrogen (secondary N) is 1. The van der Waals surface area contributed by atoms with Crippen molar-refractivity contribution in [1.82, 2.24) is 5.32 Å². The van der Waals surface area contributed by atoms with Crippen LogP contribution in [0.1, 0.15) is 42.2 Å². The largest absolute Gasteiger partial charge is 0.459 e. The quantitative estimate of drug-likeness (QED) is 0.867. The molecule has 0 aliphatic heterocycles. The van der Waals surface area contributed by atoms with E-state index in [-0.39, 0.29) is 0 Å². The average Bonchev–Trinajstić information content (AvgIpc) is 2.64. The molecule has 0 amide bonds. The van der Waals surface area contributed by atoms with Gasteiger partial charge in [0.05, 0.1) is 6.54 Å². The van der Waals surface area contributed by atoms with Crippen LogP contribution in [0.25, 0.3) is 11.0 Å². The predicted octanol–water partition coefficient (Wildman–Crippen LogP) is 3.89. The zero-order chi connectivity index (χ0) is 12.6. The molecular formula is C15H21NO. The molecule has 1 aromatic heterocycles. The van der Waals surface area contributed by atoms with Crippen LogP contribution in [0.2, 0.25) is 0 Å². The molecule has 0 atom stereocenters. The minimum absolute atomic E-state index is 0.486. The summed E-state index contributed by atoms with van der Waals surface area (Å²) in [6, 6.07) is 4.32. The molecule has 0 aliphatic carbocycles. The number of benzene rings is 1. The van der Waals surface area contributed by atoms with E-state index in [9.17, 15) is 0 Å². The summed E-state index contributed by atoms with van der Waals surface area (Å²) in [5.74, 6) is 1.56. The summed E-state index contributed by atoms with van der Waals surface area (Å²) < 4.78 is 6.05. The summed E-state index contributed by atoms with van der Waals surface area (Å²) in [5.41, 5.74) is 4.93. The first kappa shape index (κ1) is 12.2. The van der Waals surface area contributed by atoms with Crippen molar-refractivity contribution in [2.75, 3.05) is 7.05 Å². The molecule has 0 bridgehead atoms. The summed E-state index contributed by atoms with van der Waals surface area (Å²) in [5, 5.41) is 4.50. The van der Waals surface area contributed by atoms with Gasteiger partial charge in [-0.1, -0.05) is 26.0 Å². The van der Waals surface area contributed by atoms with E-state index < -0.39 is 0 Å². The van der Waals surface area contributed by atoms with E-state index in [0.717, 1.165) is 17.9 Å². The van der Waals surface area contributed by atoms with Gasteiger partial charge in [-0.15, -0.1) is 0 Å². The third-order valence-electron chi connectivity index (χ3n) is 3.27. The molecule has 0 radical (unpaired) electrons. The molecule has 92 valence electrons. The maximum absolute atomic E-state index is 6.05. The van der Waals surface area contributed by atoms with Crippen molar-refractivity contribution in [2.24, 2.45) is 0 Å². The number of hydrogen-bond acceptors (Lipinski definition) is 2. The molecule has 0 saturated heterocycles. The van der Waals surface area contributed by atoms with Crippen LogP contribution in [0, 0.1) is 13.8 Å². The standard InChI is InChI=1S/C15H21NO/c1-9(2)13-12(8-16-5)17-15-11(4)7-6-10(3)14(13)15/h6-7,9,16H,8H2,1-5H3. The Kier molecular flexibility index (Phi) is 3.25. The van der Waals surface area contributed by atoms with Gasteiger partial charge in [0, 0.05) is 10.9 Å². The Morgan fingerprint density at radius 2 is 1.82 bits per heavy atom. The molecule has 2 nitrogen and oxygen atoms in total. The van der Waals surface area contributed by atoms with E-state index in [0.29, 0.717) is 5.92 Å². The summed E-state index contributed by atoms with van der Waals surface area (Å²) >= 11 is 0. The molecule has 1 N–H and O–H groups in total. The Morgan fingerprint density at radius 1 is 1.18 bits per heavy atom. The lowest BCUT2D eigenvalue weighted by Crippen LogP contribution is -2.06. The normalized spacial score (nSPS) is 11.6. The van der Waals surface area contributed by atoms with Crippen LogP contribution in [-0.4, -0.2) is 7.05 Å². The van der Waals surface area contributed by atoms with Crippen LogP contribution in [0.4, 0.5) is 0 Å². The summed E-state index contributed by atoms with van der Waals surface area (Å²) in [6.45, 7) is 9.52. The fourth-order valence-electron chi connectivity index (χ4n) is 2.47. The number of hydrogen-bond donors (Lipinski definition) is 1. The van der Waals surface area contributed by atoms with Gasteiger partial charge in [0.15, 0.2) is 0 Å². The van der Waals surface area contributed by atoms with Crippen LogP contribution >= 0.6 is 0 Å². The number of rotatable bonds is 3. The monoisotopic (exact) mass is 231 g/mol. The Balaban J connectivity index is 2.80. The van der Waals surface area contributed by atoms with Gasteiger partial charge in [0.1, 0.15) is 11.3 Å². The molecular weight excluding hydrogens is 210 g/mol. The van der Waals surface area contributed by atoms with Gasteiger partial charge in [-0.05, 0) is 37.9 Å². The van der Waals surface area contributed by atoms with Crippen molar-refractivity contribution < 1.29 is 4.42 Å². The van der Waals surface area contributed by atoms with Gasteiger partial charge in [-0.2, -0.15) is 0 Å².